The van der Waals surface area contributed by atoms with E-state index in [4.69, 9.17) is 27.9 Å². The summed E-state index contributed by atoms with van der Waals surface area (Å²) in [5.41, 5.74) is 0.769. The molecule has 0 aliphatic heterocycles. The van der Waals surface area contributed by atoms with E-state index >= 15 is 0 Å². The number of nitrogens with one attached hydrogen (secondary N) is 2. The lowest BCUT2D eigenvalue weighted by Gasteiger charge is -2.16. The van der Waals surface area contributed by atoms with Crippen molar-refractivity contribution >= 4 is 50.5 Å². The van der Waals surface area contributed by atoms with Crippen molar-refractivity contribution in [3.8, 4) is 5.75 Å². The van der Waals surface area contributed by atoms with Crippen LogP contribution in [0.5, 0.6) is 5.75 Å². The molecule has 25 heavy (non-hydrogen) atoms. The molecule has 1 unspecified atom stereocenters. The maximum absolute atomic E-state index is 12.2. The maximum atomic E-state index is 12.2. The molecule has 0 spiro atoms. The standard InChI is InChI=1S/C16H16Cl2N2O4S/c1-10(24-15-7-6-11(17)8-14(15)18)16(21)19-12-4-3-5-13(9-12)20-25(2,22)23/h3-10,20H,1-2H3,(H,19,21). The van der Waals surface area contributed by atoms with Crippen molar-refractivity contribution in [3.05, 3.63) is 52.5 Å². The van der Waals surface area contributed by atoms with Gasteiger partial charge in [0.2, 0.25) is 10.0 Å². The second-order valence-electron chi connectivity index (χ2n) is 5.28. The summed E-state index contributed by atoms with van der Waals surface area (Å²) in [6.45, 7) is 1.57. The number of amides is 1. The van der Waals surface area contributed by atoms with Gasteiger partial charge in [0.25, 0.3) is 5.91 Å². The predicted octanol–water partition coefficient (Wildman–Crippen LogP) is 3.77. The molecule has 0 heterocycles. The summed E-state index contributed by atoms with van der Waals surface area (Å²) in [5, 5.41) is 3.41. The molecule has 2 aromatic rings. The zero-order chi connectivity index (χ0) is 18.6. The summed E-state index contributed by atoms with van der Waals surface area (Å²) in [5.74, 6) is -0.0799. The molecule has 2 rings (SSSR count). The molecule has 0 bridgehead atoms. The topological polar surface area (TPSA) is 84.5 Å². The van der Waals surface area contributed by atoms with Gasteiger partial charge in [0.15, 0.2) is 6.10 Å². The zero-order valence-corrected chi connectivity index (χ0v) is 15.7. The van der Waals surface area contributed by atoms with Crippen LogP contribution in [-0.4, -0.2) is 26.7 Å². The fraction of sp³-hybridized carbons (Fsp3) is 0.188. The third-order valence-corrected chi connectivity index (χ3v) is 4.14. The number of ether oxygens (including phenoxy) is 1. The molecule has 2 aromatic carbocycles. The summed E-state index contributed by atoms with van der Waals surface area (Å²) in [6.07, 6.45) is 0.217. The number of hydrogen-bond acceptors (Lipinski definition) is 4. The Hall–Kier alpha value is -1.96. The van der Waals surface area contributed by atoms with E-state index in [-0.39, 0.29) is 0 Å². The van der Waals surface area contributed by atoms with E-state index in [1.165, 1.54) is 12.1 Å². The zero-order valence-electron chi connectivity index (χ0n) is 13.4. The second-order valence-corrected chi connectivity index (χ2v) is 7.87. The number of anilines is 2. The van der Waals surface area contributed by atoms with Crippen LogP contribution in [0.1, 0.15) is 6.92 Å². The van der Waals surface area contributed by atoms with Crippen LogP contribution in [-0.2, 0) is 14.8 Å². The van der Waals surface area contributed by atoms with Gasteiger partial charge in [0, 0.05) is 10.7 Å². The molecule has 0 saturated heterocycles. The van der Waals surface area contributed by atoms with Crippen molar-refractivity contribution in [3.63, 3.8) is 0 Å². The molecule has 1 atom stereocenters. The number of benzene rings is 2. The van der Waals surface area contributed by atoms with Crippen LogP contribution in [0.25, 0.3) is 0 Å². The highest BCUT2D eigenvalue weighted by molar-refractivity contribution is 7.92. The number of hydrogen-bond donors (Lipinski definition) is 2. The molecule has 0 fully saturated rings. The van der Waals surface area contributed by atoms with Crippen LogP contribution < -0.4 is 14.8 Å². The monoisotopic (exact) mass is 402 g/mol. The van der Waals surface area contributed by atoms with Gasteiger partial charge in [-0.1, -0.05) is 29.3 Å². The lowest BCUT2D eigenvalue weighted by molar-refractivity contribution is -0.122. The van der Waals surface area contributed by atoms with Crippen LogP contribution in [0.15, 0.2) is 42.5 Å². The Morgan fingerprint density at radius 3 is 2.44 bits per heavy atom. The second kappa shape index (κ2) is 7.95. The van der Waals surface area contributed by atoms with Gasteiger partial charge in [-0.15, -0.1) is 0 Å². The Kier molecular flexibility index (Phi) is 6.16. The van der Waals surface area contributed by atoms with Crippen molar-refractivity contribution in [1.29, 1.82) is 0 Å². The molecule has 2 N–H and O–H groups in total. The molecule has 0 aliphatic rings. The minimum Gasteiger partial charge on any atom is -0.479 e. The normalized spacial score (nSPS) is 12.3. The van der Waals surface area contributed by atoms with Crippen LogP contribution in [0.3, 0.4) is 0 Å². The summed E-state index contributed by atoms with van der Waals surface area (Å²) in [4.78, 5) is 12.2. The molecule has 0 radical (unpaired) electrons. The quantitative estimate of drug-likeness (QED) is 0.769. The average molecular weight is 403 g/mol. The van der Waals surface area contributed by atoms with E-state index in [2.05, 4.69) is 10.0 Å². The number of carbonyl (C=O) groups is 1. The van der Waals surface area contributed by atoms with E-state index in [1.54, 1.807) is 37.3 Å². The highest BCUT2D eigenvalue weighted by Gasteiger charge is 2.17. The minimum atomic E-state index is -3.40. The highest BCUT2D eigenvalue weighted by atomic mass is 35.5. The van der Waals surface area contributed by atoms with Gasteiger partial charge in [-0.3, -0.25) is 9.52 Å². The smallest absolute Gasteiger partial charge is 0.265 e. The Morgan fingerprint density at radius 1 is 1.12 bits per heavy atom. The van der Waals surface area contributed by atoms with Gasteiger partial charge < -0.3 is 10.1 Å². The van der Waals surface area contributed by atoms with Crippen LogP contribution in [0.2, 0.25) is 10.0 Å². The van der Waals surface area contributed by atoms with E-state index in [9.17, 15) is 13.2 Å². The van der Waals surface area contributed by atoms with Gasteiger partial charge in [-0.25, -0.2) is 8.42 Å². The molecule has 6 nitrogen and oxygen atoms in total. The molecule has 0 aromatic heterocycles. The SMILES string of the molecule is CC(Oc1ccc(Cl)cc1Cl)C(=O)Nc1cccc(NS(C)(=O)=O)c1. The van der Waals surface area contributed by atoms with Crippen LogP contribution in [0, 0.1) is 0 Å². The van der Waals surface area contributed by atoms with Gasteiger partial charge in [-0.2, -0.15) is 0 Å². The number of carbonyl (C=O) groups excluding carboxylic acids is 1. The summed E-state index contributed by atoms with van der Waals surface area (Å²) in [6, 6.07) is 11.0. The van der Waals surface area contributed by atoms with Crippen molar-refractivity contribution in [2.75, 3.05) is 16.3 Å². The van der Waals surface area contributed by atoms with Gasteiger partial charge in [0.1, 0.15) is 5.75 Å². The minimum absolute atomic E-state index is 0.298. The average Bonchev–Trinajstić information content (AvgIpc) is 2.48. The molecular formula is C16H16Cl2N2O4S. The van der Waals surface area contributed by atoms with Crippen molar-refractivity contribution in [2.24, 2.45) is 0 Å². The first kappa shape index (κ1) is 19.4. The molecule has 134 valence electrons. The number of rotatable bonds is 6. The first-order valence-electron chi connectivity index (χ1n) is 7.14. The molecule has 9 heteroatoms. The lowest BCUT2D eigenvalue weighted by Crippen LogP contribution is -2.30. The number of sulfonamides is 1. The Morgan fingerprint density at radius 2 is 1.80 bits per heavy atom. The van der Waals surface area contributed by atoms with Gasteiger partial charge >= 0.3 is 0 Å². The largest absolute Gasteiger partial charge is 0.479 e. The Bertz CT molecular complexity index is 887. The van der Waals surface area contributed by atoms with Gasteiger partial charge in [0.05, 0.1) is 17.0 Å². The van der Waals surface area contributed by atoms with Gasteiger partial charge in [-0.05, 0) is 43.3 Å². The van der Waals surface area contributed by atoms with Crippen molar-refractivity contribution < 1.29 is 17.9 Å². The first-order valence-corrected chi connectivity index (χ1v) is 9.79. The molecule has 1 amide bonds. The van der Waals surface area contributed by atoms with E-state index < -0.39 is 22.0 Å². The molecule has 0 aliphatic carbocycles. The van der Waals surface area contributed by atoms with Crippen molar-refractivity contribution in [1.82, 2.24) is 0 Å². The van der Waals surface area contributed by atoms with Crippen molar-refractivity contribution in [2.45, 2.75) is 13.0 Å². The predicted molar refractivity (Wildman–Crippen MR) is 100 cm³/mol. The van der Waals surface area contributed by atoms with E-state index in [0.717, 1.165) is 6.26 Å². The van der Waals surface area contributed by atoms with E-state index in [0.29, 0.717) is 27.2 Å². The number of halogens is 2. The fourth-order valence-electron chi connectivity index (χ4n) is 1.93. The fourth-order valence-corrected chi connectivity index (χ4v) is 2.94. The maximum Gasteiger partial charge on any atom is 0.265 e. The van der Waals surface area contributed by atoms with E-state index in [1.807, 2.05) is 0 Å². The third-order valence-electron chi connectivity index (χ3n) is 3.00. The van der Waals surface area contributed by atoms with Crippen LogP contribution >= 0.6 is 23.2 Å². The Balaban J connectivity index is 2.04. The summed E-state index contributed by atoms with van der Waals surface area (Å²) in [7, 11) is -3.40. The Labute approximate surface area is 156 Å². The third kappa shape index (κ3) is 6.12. The summed E-state index contributed by atoms with van der Waals surface area (Å²) < 4.78 is 30.4. The highest BCUT2D eigenvalue weighted by Crippen LogP contribution is 2.28. The summed E-state index contributed by atoms with van der Waals surface area (Å²) >= 11 is 11.8. The molecule has 0 saturated carbocycles. The first-order chi connectivity index (χ1) is 11.6. The lowest BCUT2D eigenvalue weighted by atomic mass is 10.2. The van der Waals surface area contributed by atoms with Crippen LogP contribution in [0.4, 0.5) is 11.4 Å². The molecular weight excluding hydrogens is 387 g/mol.